The summed E-state index contributed by atoms with van der Waals surface area (Å²) in [4.78, 5) is 22.0. The Labute approximate surface area is 178 Å². The van der Waals surface area contributed by atoms with Gasteiger partial charge in [-0.25, -0.2) is 23.2 Å². The van der Waals surface area contributed by atoms with E-state index in [4.69, 9.17) is 4.74 Å². The summed E-state index contributed by atoms with van der Waals surface area (Å²) < 4.78 is 32.3. The summed E-state index contributed by atoms with van der Waals surface area (Å²) in [5, 5.41) is 9.94. The molecule has 2 aromatic heterocycles. The fourth-order valence-corrected chi connectivity index (χ4v) is 5.65. The number of carbonyl (C=O) groups is 1. The Bertz CT molecular complexity index is 1270. The second-order valence-corrected chi connectivity index (χ2v) is 9.88. The van der Waals surface area contributed by atoms with Gasteiger partial charge in [0, 0.05) is 49.4 Å². The first-order chi connectivity index (χ1) is 14.8. The predicted octanol–water partition coefficient (Wildman–Crippen LogP) is 1.97. The number of fused-ring (bicyclic) bond motifs is 3. The fourth-order valence-electron chi connectivity index (χ4n) is 4.51. The van der Waals surface area contributed by atoms with Crippen molar-refractivity contribution in [3.63, 3.8) is 0 Å². The van der Waals surface area contributed by atoms with Crippen LogP contribution >= 0.6 is 0 Å². The number of hydrogen-bond donors (Lipinski definition) is 1. The van der Waals surface area contributed by atoms with Crippen molar-refractivity contribution in [3.05, 3.63) is 48.5 Å². The lowest BCUT2D eigenvalue weighted by atomic mass is 10.2. The smallest absolute Gasteiger partial charge is 0.415 e. The molecule has 0 aliphatic carbocycles. The number of carboxylic acid groups (broad SMARTS) is 1. The Morgan fingerprint density at radius 3 is 2.74 bits per heavy atom. The third-order valence-electron chi connectivity index (χ3n) is 5.88. The van der Waals surface area contributed by atoms with E-state index >= 15 is 0 Å². The monoisotopic (exact) mass is 443 g/mol. The normalized spacial score (nSPS) is 21.7. The molecule has 0 amide bonds. The quantitative estimate of drug-likeness (QED) is 0.636. The van der Waals surface area contributed by atoms with Crippen molar-refractivity contribution in [2.24, 2.45) is 0 Å². The van der Waals surface area contributed by atoms with Gasteiger partial charge in [0.25, 0.3) is 0 Å². The lowest BCUT2D eigenvalue weighted by Gasteiger charge is -2.32. The van der Waals surface area contributed by atoms with Crippen molar-refractivity contribution in [1.29, 1.82) is 0 Å². The molecule has 3 aromatic rings. The minimum absolute atomic E-state index is 0.0300. The van der Waals surface area contributed by atoms with Crippen molar-refractivity contribution in [3.8, 4) is 11.6 Å². The molecular weight excluding hydrogens is 422 g/mol. The first-order valence-electron chi connectivity index (χ1n) is 9.82. The van der Waals surface area contributed by atoms with Crippen molar-refractivity contribution in [2.45, 2.75) is 25.0 Å². The lowest BCUT2D eigenvalue weighted by molar-refractivity contribution is 0.173. The SMILES string of the molecule is CS(=O)(=O)N1CC2C[C@H]1CN2Cc1cc(Oc2ccc3c(ccn3C(=O)O)c2)ncn1. The maximum atomic E-state index is 11.9. The summed E-state index contributed by atoms with van der Waals surface area (Å²) in [6, 6.07) is 8.85. The van der Waals surface area contributed by atoms with E-state index in [1.165, 1.54) is 18.8 Å². The van der Waals surface area contributed by atoms with Gasteiger partial charge in [0.1, 0.15) is 12.1 Å². The van der Waals surface area contributed by atoms with Gasteiger partial charge < -0.3 is 9.84 Å². The van der Waals surface area contributed by atoms with E-state index in [9.17, 15) is 18.3 Å². The van der Waals surface area contributed by atoms with Crippen molar-refractivity contribution >= 4 is 27.0 Å². The first kappa shape index (κ1) is 19.9. The topological polar surface area (TPSA) is 118 Å². The highest BCUT2D eigenvalue weighted by Gasteiger charge is 2.46. The highest BCUT2D eigenvalue weighted by molar-refractivity contribution is 7.88. The molecule has 162 valence electrons. The van der Waals surface area contributed by atoms with Crippen LogP contribution in [0.3, 0.4) is 0 Å². The molecule has 2 aliphatic rings. The van der Waals surface area contributed by atoms with Crippen LogP contribution < -0.4 is 4.74 Å². The molecule has 0 saturated carbocycles. The fraction of sp³-hybridized carbons (Fsp3) is 0.350. The van der Waals surface area contributed by atoms with E-state index in [-0.39, 0.29) is 12.1 Å². The number of sulfonamides is 1. The van der Waals surface area contributed by atoms with Crippen LogP contribution in [0.2, 0.25) is 0 Å². The van der Waals surface area contributed by atoms with Gasteiger partial charge in [0.05, 0.1) is 17.5 Å². The molecule has 10 nitrogen and oxygen atoms in total. The molecule has 1 unspecified atom stereocenters. The molecule has 1 aromatic carbocycles. The largest absolute Gasteiger partial charge is 0.464 e. The predicted molar refractivity (Wildman–Crippen MR) is 112 cm³/mol. The van der Waals surface area contributed by atoms with Gasteiger partial charge in [-0.1, -0.05) is 0 Å². The summed E-state index contributed by atoms with van der Waals surface area (Å²) in [6.45, 7) is 1.81. The first-order valence-corrected chi connectivity index (χ1v) is 11.7. The number of hydrogen-bond acceptors (Lipinski definition) is 7. The van der Waals surface area contributed by atoms with Crippen LogP contribution in [0.25, 0.3) is 10.9 Å². The average Bonchev–Trinajstić information content (AvgIpc) is 3.41. The van der Waals surface area contributed by atoms with Crippen molar-refractivity contribution in [2.75, 3.05) is 19.3 Å². The van der Waals surface area contributed by atoms with Gasteiger partial charge in [0.15, 0.2) is 0 Å². The van der Waals surface area contributed by atoms with Crippen LogP contribution in [0.15, 0.2) is 42.9 Å². The van der Waals surface area contributed by atoms with Crippen LogP contribution in [0, 0.1) is 0 Å². The second-order valence-electron chi connectivity index (χ2n) is 7.94. The highest BCUT2D eigenvalue weighted by atomic mass is 32.2. The van der Waals surface area contributed by atoms with Crippen LogP contribution in [-0.4, -0.2) is 74.8 Å². The molecule has 2 aliphatic heterocycles. The average molecular weight is 443 g/mol. The Balaban J connectivity index is 1.28. The molecule has 2 atom stereocenters. The highest BCUT2D eigenvalue weighted by Crippen LogP contribution is 2.33. The van der Waals surface area contributed by atoms with Crippen molar-refractivity contribution in [1.82, 2.24) is 23.7 Å². The molecule has 5 rings (SSSR count). The zero-order chi connectivity index (χ0) is 21.8. The Kier molecular flexibility index (Phi) is 4.68. The van der Waals surface area contributed by atoms with Crippen LogP contribution in [0.5, 0.6) is 11.6 Å². The number of aromatic nitrogens is 3. The minimum Gasteiger partial charge on any atom is -0.464 e. The zero-order valence-corrected chi connectivity index (χ0v) is 17.6. The number of ether oxygens (including phenoxy) is 1. The number of nitrogens with zero attached hydrogens (tertiary/aromatic N) is 5. The summed E-state index contributed by atoms with van der Waals surface area (Å²) in [5.41, 5.74) is 1.37. The molecule has 31 heavy (non-hydrogen) atoms. The molecule has 1 N–H and O–H groups in total. The molecule has 2 saturated heterocycles. The zero-order valence-electron chi connectivity index (χ0n) is 16.7. The van der Waals surface area contributed by atoms with E-state index < -0.39 is 16.1 Å². The molecule has 0 radical (unpaired) electrons. The Hall–Kier alpha value is -3.02. The van der Waals surface area contributed by atoms with E-state index in [0.29, 0.717) is 36.8 Å². The summed E-state index contributed by atoms with van der Waals surface area (Å²) in [7, 11) is -3.16. The van der Waals surface area contributed by atoms with E-state index in [1.54, 1.807) is 34.6 Å². The lowest BCUT2D eigenvalue weighted by Crippen LogP contribution is -2.47. The number of likely N-dealkylation sites (tertiary alicyclic amines) is 1. The van der Waals surface area contributed by atoms with Gasteiger partial charge in [0.2, 0.25) is 15.9 Å². The maximum Gasteiger partial charge on any atom is 0.415 e. The third kappa shape index (κ3) is 3.75. The summed E-state index contributed by atoms with van der Waals surface area (Å²) >= 11 is 0. The third-order valence-corrected chi connectivity index (χ3v) is 7.18. The summed E-state index contributed by atoms with van der Waals surface area (Å²) in [6.07, 6.45) is 4.01. The number of rotatable bonds is 5. The second kappa shape index (κ2) is 7.29. The van der Waals surface area contributed by atoms with Crippen LogP contribution in [0.4, 0.5) is 4.79 Å². The van der Waals surface area contributed by atoms with E-state index in [2.05, 4.69) is 14.9 Å². The molecule has 4 heterocycles. The molecule has 11 heteroatoms. The van der Waals surface area contributed by atoms with E-state index in [1.807, 2.05) is 0 Å². The van der Waals surface area contributed by atoms with Gasteiger partial charge in [-0.15, -0.1) is 0 Å². The van der Waals surface area contributed by atoms with Crippen molar-refractivity contribution < 1.29 is 23.1 Å². The summed E-state index contributed by atoms with van der Waals surface area (Å²) in [5.74, 6) is 0.938. The van der Waals surface area contributed by atoms with Crippen LogP contribution in [0.1, 0.15) is 12.1 Å². The standard InChI is InChI=1S/C20H21N5O5S/c1-31(28,29)25-11-15-8-16(25)10-23(15)9-14-7-19(22-12-21-14)30-17-2-3-18-13(6-17)4-5-24(18)20(26)27/h2-7,12,15-16H,8-11H2,1H3,(H,26,27)/t15?,16-/m0/s1. The van der Waals surface area contributed by atoms with Gasteiger partial charge in [-0.05, 0) is 30.7 Å². The molecular formula is C20H21N5O5S. The Morgan fingerprint density at radius 1 is 1.19 bits per heavy atom. The number of benzene rings is 1. The van der Waals surface area contributed by atoms with Gasteiger partial charge in [-0.3, -0.25) is 9.47 Å². The minimum atomic E-state index is -3.16. The van der Waals surface area contributed by atoms with Gasteiger partial charge >= 0.3 is 6.09 Å². The number of piperazine rings is 1. The van der Waals surface area contributed by atoms with Crippen LogP contribution in [-0.2, 0) is 16.6 Å². The maximum absolute atomic E-state index is 11.9. The van der Waals surface area contributed by atoms with E-state index in [0.717, 1.165) is 22.1 Å². The molecule has 0 spiro atoms. The van der Waals surface area contributed by atoms with Gasteiger partial charge in [-0.2, -0.15) is 4.31 Å². The molecule has 2 bridgehead atoms. The molecule has 2 fully saturated rings. The Morgan fingerprint density at radius 2 is 2.03 bits per heavy atom.